The van der Waals surface area contributed by atoms with Gasteiger partial charge in [0.1, 0.15) is 17.2 Å². The number of aromatic nitrogens is 1. The van der Waals surface area contributed by atoms with Crippen LogP contribution in [0.2, 0.25) is 0 Å². The fourth-order valence-electron chi connectivity index (χ4n) is 3.89. The molecule has 1 aromatic carbocycles. The molecule has 1 atom stereocenters. The first-order valence-electron chi connectivity index (χ1n) is 9.13. The maximum absolute atomic E-state index is 13.4. The number of benzene rings is 1. The van der Waals surface area contributed by atoms with Crippen molar-refractivity contribution in [3.05, 3.63) is 23.9 Å². The molecular weight excluding hydrogens is 330 g/mol. The number of hydrogen-bond donors (Lipinski definition) is 0. The number of hydrogen-bond acceptors (Lipinski definition) is 4. The Hall–Kier alpha value is -2.21. The predicted molar refractivity (Wildman–Crippen MR) is 103 cm³/mol. The number of nitrogens with zero attached hydrogens (tertiary/aromatic N) is 3. The summed E-state index contributed by atoms with van der Waals surface area (Å²) in [5.41, 5.74) is 1.63. The molecule has 6 heteroatoms. The lowest BCUT2D eigenvalue weighted by atomic mass is 10.0. The van der Waals surface area contributed by atoms with Gasteiger partial charge in [0, 0.05) is 43.7 Å². The van der Waals surface area contributed by atoms with Crippen molar-refractivity contribution in [1.29, 1.82) is 0 Å². The van der Waals surface area contributed by atoms with E-state index in [1.165, 1.54) is 6.42 Å². The zero-order valence-corrected chi connectivity index (χ0v) is 16.4. The Kier molecular flexibility index (Phi) is 5.41. The van der Waals surface area contributed by atoms with Crippen LogP contribution >= 0.6 is 0 Å². The van der Waals surface area contributed by atoms with Crippen molar-refractivity contribution in [2.75, 3.05) is 41.4 Å². The van der Waals surface area contributed by atoms with E-state index < -0.39 is 0 Å². The number of amides is 1. The fraction of sp³-hybridized carbons (Fsp3) is 0.550. The van der Waals surface area contributed by atoms with Crippen LogP contribution in [-0.4, -0.2) is 67.7 Å². The van der Waals surface area contributed by atoms with Crippen LogP contribution < -0.4 is 9.47 Å². The van der Waals surface area contributed by atoms with Gasteiger partial charge in [-0.1, -0.05) is 0 Å². The third-order valence-corrected chi connectivity index (χ3v) is 5.24. The van der Waals surface area contributed by atoms with Crippen molar-refractivity contribution in [2.24, 2.45) is 7.05 Å². The molecule has 2 aromatic rings. The molecule has 0 radical (unpaired) electrons. The van der Waals surface area contributed by atoms with Crippen LogP contribution in [0, 0.1) is 0 Å². The minimum absolute atomic E-state index is 0.0938. The van der Waals surface area contributed by atoms with Crippen molar-refractivity contribution in [1.82, 2.24) is 14.4 Å². The number of methoxy groups -OCH3 is 2. The number of rotatable bonds is 5. The number of likely N-dealkylation sites (tertiary alicyclic amines) is 1. The standard InChI is InChI=1S/C20H29N3O3/c1-21(2)13-14-8-6-7-9-23(14)20(24)18-12-16-17(22(18)3)10-15(25-4)11-19(16)26-5/h10-12,14H,6-9,13H2,1-5H3/t14-/m1/s1. The second kappa shape index (κ2) is 7.58. The van der Waals surface area contributed by atoms with E-state index in [-0.39, 0.29) is 11.9 Å². The lowest BCUT2D eigenvalue weighted by Gasteiger charge is -2.37. The Labute approximate surface area is 155 Å². The van der Waals surface area contributed by atoms with Gasteiger partial charge in [-0.2, -0.15) is 0 Å². The number of fused-ring (bicyclic) bond motifs is 1. The molecule has 1 aliphatic heterocycles. The summed E-state index contributed by atoms with van der Waals surface area (Å²) in [5.74, 6) is 1.53. The normalized spacial score (nSPS) is 17.8. The molecule has 142 valence electrons. The Morgan fingerprint density at radius 2 is 1.96 bits per heavy atom. The minimum atomic E-state index is 0.0938. The monoisotopic (exact) mass is 359 g/mol. The molecule has 1 aromatic heterocycles. The summed E-state index contributed by atoms with van der Waals surface area (Å²) in [7, 11) is 9.32. The third kappa shape index (κ3) is 3.38. The van der Waals surface area contributed by atoms with E-state index >= 15 is 0 Å². The summed E-state index contributed by atoms with van der Waals surface area (Å²) in [5, 5.41) is 0.931. The quantitative estimate of drug-likeness (QED) is 0.824. The molecule has 0 bridgehead atoms. The maximum atomic E-state index is 13.4. The largest absolute Gasteiger partial charge is 0.497 e. The SMILES string of the molecule is COc1cc(OC)c2cc(C(=O)N3CCCC[C@@H]3CN(C)C)n(C)c2c1. The van der Waals surface area contributed by atoms with Crippen molar-refractivity contribution < 1.29 is 14.3 Å². The molecule has 0 spiro atoms. The first kappa shape index (κ1) is 18.6. The van der Waals surface area contributed by atoms with E-state index in [0.717, 1.165) is 48.3 Å². The van der Waals surface area contributed by atoms with Gasteiger partial charge in [-0.15, -0.1) is 0 Å². The number of carbonyl (C=O) groups is 1. The minimum Gasteiger partial charge on any atom is -0.497 e. The number of ether oxygens (including phenoxy) is 2. The van der Waals surface area contributed by atoms with Gasteiger partial charge in [-0.05, 0) is 39.4 Å². The molecule has 1 amide bonds. The molecule has 1 fully saturated rings. The van der Waals surface area contributed by atoms with Crippen LogP contribution in [-0.2, 0) is 7.05 Å². The number of carbonyl (C=O) groups excluding carboxylic acids is 1. The third-order valence-electron chi connectivity index (χ3n) is 5.24. The summed E-state index contributed by atoms with van der Waals surface area (Å²) in [4.78, 5) is 17.6. The van der Waals surface area contributed by atoms with Gasteiger partial charge in [0.05, 0.1) is 19.7 Å². The van der Waals surface area contributed by atoms with Crippen LogP contribution in [0.25, 0.3) is 10.9 Å². The number of aryl methyl sites for hydroxylation is 1. The van der Waals surface area contributed by atoms with E-state index in [1.54, 1.807) is 14.2 Å². The first-order chi connectivity index (χ1) is 12.5. The molecule has 0 aliphatic carbocycles. The fourth-order valence-corrected chi connectivity index (χ4v) is 3.89. The lowest BCUT2D eigenvalue weighted by Crippen LogP contribution is -2.48. The highest BCUT2D eigenvalue weighted by Gasteiger charge is 2.30. The molecule has 1 aliphatic rings. The summed E-state index contributed by atoms with van der Waals surface area (Å²) in [6, 6.07) is 6.01. The smallest absolute Gasteiger partial charge is 0.270 e. The van der Waals surface area contributed by atoms with Gasteiger partial charge >= 0.3 is 0 Å². The first-order valence-corrected chi connectivity index (χ1v) is 9.13. The van der Waals surface area contributed by atoms with E-state index in [0.29, 0.717) is 5.69 Å². The molecule has 0 unspecified atom stereocenters. The topological polar surface area (TPSA) is 46.9 Å². The molecule has 26 heavy (non-hydrogen) atoms. The number of likely N-dealkylation sites (N-methyl/N-ethyl adjacent to an activating group) is 1. The van der Waals surface area contributed by atoms with Crippen LogP contribution in [0.5, 0.6) is 11.5 Å². The summed E-state index contributed by atoms with van der Waals surface area (Å²) >= 11 is 0. The second-order valence-corrected chi connectivity index (χ2v) is 7.26. The Morgan fingerprint density at radius 3 is 2.62 bits per heavy atom. The summed E-state index contributed by atoms with van der Waals surface area (Å²) < 4.78 is 12.8. The van der Waals surface area contributed by atoms with Gasteiger partial charge in [-0.25, -0.2) is 0 Å². The van der Waals surface area contributed by atoms with Crippen LogP contribution in [0.4, 0.5) is 0 Å². The Balaban J connectivity index is 2.01. The second-order valence-electron chi connectivity index (χ2n) is 7.26. The highest BCUT2D eigenvalue weighted by atomic mass is 16.5. The van der Waals surface area contributed by atoms with Crippen molar-refractivity contribution in [3.63, 3.8) is 0 Å². The van der Waals surface area contributed by atoms with Gasteiger partial charge in [0.25, 0.3) is 5.91 Å². The summed E-state index contributed by atoms with van der Waals surface area (Å²) in [6.07, 6.45) is 3.31. The van der Waals surface area contributed by atoms with E-state index in [4.69, 9.17) is 9.47 Å². The highest BCUT2D eigenvalue weighted by molar-refractivity contribution is 6.01. The number of piperidine rings is 1. The average molecular weight is 359 g/mol. The van der Waals surface area contributed by atoms with E-state index in [9.17, 15) is 4.79 Å². The van der Waals surface area contributed by atoms with Crippen LogP contribution in [0.15, 0.2) is 18.2 Å². The molecule has 1 saturated heterocycles. The molecule has 2 heterocycles. The lowest BCUT2D eigenvalue weighted by molar-refractivity contribution is 0.0565. The molecule has 3 rings (SSSR count). The highest BCUT2D eigenvalue weighted by Crippen LogP contribution is 2.34. The molecule has 0 saturated carbocycles. The maximum Gasteiger partial charge on any atom is 0.270 e. The Morgan fingerprint density at radius 1 is 1.19 bits per heavy atom. The predicted octanol–water partition coefficient (Wildman–Crippen LogP) is 2.75. The average Bonchev–Trinajstić information content (AvgIpc) is 2.97. The molecular formula is C20H29N3O3. The van der Waals surface area contributed by atoms with Crippen molar-refractivity contribution in [2.45, 2.75) is 25.3 Å². The molecule has 0 N–H and O–H groups in total. The molecule has 6 nitrogen and oxygen atoms in total. The van der Waals surface area contributed by atoms with Gasteiger partial charge in [0.2, 0.25) is 0 Å². The van der Waals surface area contributed by atoms with E-state index in [2.05, 4.69) is 19.0 Å². The van der Waals surface area contributed by atoms with Gasteiger partial charge in [-0.3, -0.25) is 4.79 Å². The van der Waals surface area contributed by atoms with Crippen LogP contribution in [0.3, 0.4) is 0 Å². The zero-order valence-electron chi connectivity index (χ0n) is 16.4. The van der Waals surface area contributed by atoms with Crippen LogP contribution in [0.1, 0.15) is 29.8 Å². The van der Waals surface area contributed by atoms with Gasteiger partial charge < -0.3 is 23.8 Å². The van der Waals surface area contributed by atoms with E-state index in [1.807, 2.05) is 34.7 Å². The summed E-state index contributed by atoms with van der Waals surface area (Å²) in [6.45, 7) is 1.71. The van der Waals surface area contributed by atoms with Crippen molar-refractivity contribution >= 4 is 16.8 Å². The Bertz CT molecular complexity index is 797. The zero-order chi connectivity index (χ0) is 18.8. The van der Waals surface area contributed by atoms with Crippen molar-refractivity contribution in [3.8, 4) is 11.5 Å². The van der Waals surface area contributed by atoms with Gasteiger partial charge in [0.15, 0.2) is 0 Å².